The van der Waals surface area contributed by atoms with Crippen LogP contribution in [-0.4, -0.2) is 41.3 Å². The lowest BCUT2D eigenvalue weighted by Crippen LogP contribution is -2.24. The summed E-state index contributed by atoms with van der Waals surface area (Å²) in [5, 5.41) is 9.34. The average molecular weight is 175 g/mol. The molecule has 0 saturated carbocycles. The second-order valence-corrected chi connectivity index (χ2v) is 3.96. The average Bonchev–Trinajstić information content (AvgIpc) is 2.17. The maximum Gasteiger partial charge on any atom is 0.0553 e. The van der Waals surface area contributed by atoms with Gasteiger partial charge in [0.15, 0.2) is 0 Å². The highest BCUT2D eigenvalue weighted by molar-refractivity contribution is 7.98. The first-order chi connectivity index (χ1) is 5.33. The van der Waals surface area contributed by atoms with Gasteiger partial charge in [0.25, 0.3) is 0 Å². The molecule has 1 atom stereocenters. The molecule has 1 N–H and O–H groups in total. The van der Waals surface area contributed by atoms with E-state index in [1.165, 1.54) is 0 Å². The Hall–Kier alpha value is 0.270. The lowest BCUT2D eigenvalue weighted by Gasteiger charge is -2.17. The fourth-order valence-electron chi connectivity index (χ4n) is 1.45. The van der Waals surface area contributed by atoms with Crippen molar-refractivity contribution in [2.24, 2.45) is 0 Å². The lowest BCUT2D eigenvalue weighted by atomic mass is 10.2. The third kappa shape index (κ3) is 3.45. The molecule has 1 heterocycles. The smallest absolute Gasteiger partial charge is 0.0553 e. The summed E-state index contributed by atoms with van der Waals surface area (Å²) in [7, 11) is 0. The highest BCUT2D eigenvalue weighted by Gasteiger charge is 2.13. The van der Waals surface area contributed by atoms with Crippen molar-refractivity contribution in [3.8, 4) is 0 Å². The molecule has 0 aromatic carbocycles. The molecule has 0 aromatic rings. The Labute approximate surface area is 73.0 Å². The maximum atomic E-state index is 9.34. The van der Waals surface area contributed by atoms with E-state index in [1.54, 1.807) is 0 Å². The number of hydrogen-bond acceptors (Lipinski definition) is 3. The monoisotopic (exact) mass is 175 g/mol. The fourth-order valence-corrected chi connectivity index (χ4v) is 2.07. The molecule has 0 bridgehead atoms. The number of hydrogen-bond donors (Lipinski definition) is 1. The first-order valence-electron chi connectivity index (χ1n) is 4.22. The molecule has 0 amide bonds. The molecule has 0 spiro atoms. The van der Waals surface area contributed by atoms with Crippen molar-refractivity contribution in [1.82, 2.24) is 4.90 Å². The topological polar surface area (TPSA) is 23.5 Å². The van der Waals surface area contributed by atoms with Crippen LogP contribution in [0.3, 0.4) is 0 Å². The summed E-state index contributed by atoms with van der Waals surface area (Å²) in [6.07, 6.45) is 5.19. The molecule has 1 aliphatic rings. The van der Waals surface area contributed by atoms with Gasteiger partial charge < -0.3 is 5.11 Å². The largest absolute Gasteiger partial charge is 0.393 e. The highest BCUT2D eigenvalue weighted by atomic mass is 32.2. The van der Waals surface area contributed by atoms with E-state index in [4.69, 9.17) is 0 Å². The van der Waals surface area contributed by atoms with Gasteiger partial charge in [0.2, 0.25) is 0 Å². The van der Waals surface area contributed by atoms with E-state index in [-0.39, 0.29) is 6.10 Å². The number of likely N-dealkylation sites (tertiary alicyclic amines) is 1. The number of nitrogens with zero attached hydrogens (tertiary/aromatic N) is 1. The highest BCUT2D eigenvalue weighted by Crippen LogP contribution is 2.12. The van der Waals surface area contributed by atoms with Crippen LogP contribution in [0.1, 0.15) is 19.3 Å². The van der Waals surface area contributed by atoms with E-state index in [9.17, 15) is 5.11 Å². The van der Waals surface area contributed by atoms with Crippen LogP contribution in [0.15, 0.2) is 0 Å². The van der Waals surface area contributed by atoms with Crippen LogP contribution in [-0.2, 0) is 0 Å². The Bertz CT molecular complexity index is 110. The third-order valence-corrected chi connectivity index (χ3v) is 2.73. The SMILES string of the molecule is CSCN1CCC[C@@H](O)CC1. The predicted molar refractivity (Wildman–Crippen MR) is 49.8 cm³/mol. The molecule has 66 valence electrons. The van der Waals surface area contributed by atoms with Crippen LogP contribution in [0.2, 0.25) is 0 Å². The second-order valence-electron chi connectivity index (χ2n) is 3.12. The molecule has 2 nitrogen and oxygen atoms in total. The van der Waals surface area contributed by atoms with Crippen LogP contribution < -0.4 is 0 Å². The van der Waals surface area contributed by atoms with E-state index >= 15 is 0 Å². The van der Waals surface area contributed by atoms with Crippen LogP contribution >= 0.6 is 11.8 Å². The minimum absolute atomic E-state index is 0.0399. The minimum atomic E-state index is -0.0399. The van der Waals surface area contributed by atoms with E-state index in [0.717, 1.165) is 38.2 Å². The van der Waals surface area contributed by atoms with Crippen molar-refractivity contribution in [3.63, 3.8) is 0 Å². The maximum absolute atomic E-state index is 9.34. The Balaban J connectivity index is 2.22. The summed E-state index contributed by atoms with van der Waals surface area (Å²) in [5.41, 5.74) is 0. The van der Waals surface area contributed by atoms with Gasteiger partial charge >= 0.3 is 0 Å². The van der Waals surface area contributed by atoms with E-state index < -0.39 is 0 Å². The van der Waals surface area contributed by atoms with E-state index in [1.807, 2.05) is 11.8 Å². The molecule has 0 aliphatic carbocycles. The third-order valence-electron chi connectivity index (χ3n) is 2.10. The van der Waals surface area contributed by atoms with Gasteiger partial charge in [-0.1, -0.05) is 0 Å². The van der Waals surface area contributed by atoms with Crippen LogP contribution in [0.4, 0.5) is 0 Å². The van der Waals surface area contributed by atoms with Gasteiger partial charge in [-0.3, -0.25) is 4.90 Å². The number of aliphatic hydroxyl groups is 1. The van der Waals surface area contributed by atoms with Gasteiger partial charge in [-0.2, -0.15) is 0 Å². The Morgan fingerprint density at radius 1 is 1.45 bits per heavy atom. The van der Waals surface area contributed by atoms with Crippen molar-refractivity contribution < 1.29 is 5.11 Å². The van der Waals surface area contributed by atoms with Crippen LogP contribution in [0, 0.1) is 0 Å². The Kier molecular flexibility index (Phi) is 4.26. The summed E-state index contributed by atoms with van der Waals surface area (Å²) in [4.78, 5) is 2.42. The molecule has 1 fully saturated rings. The fraction of sp³-hybridized carbons (Fsp3) is 1.00. The van der Waals surface area contributed by atoms with Crippen molar-refractivity contribution >= 4 is 11.8 Å². The number of aliphatic hydroxyl groups excluding tert-OH is 1. The minimum Gasteiger partial charge on any atom is -0.393 e. The first-order valence-corrected chi connectivity index (χ1v) is 5.61. The zero-order chi connectivity index (χ0) is 8.10. The molecule has 0 radical (unpaired) electrons. The summed E-state index contributed by atoms with van der Waals surface area (Å²) >= 11 is 1.86. The zero-order valence-electron chi connectivity index (χ0n) is 7.12. The molecule has 0 aromatic heterocycles. The van der Waals surface area contributed by atoms with Crippen molar-refractivity contribution in [1.29, 1.82) is 0 Å². The van der Waals surface area contributed by atoms with Crippen molar-refractivity contribution in [3.05, 3.63) is 0 Å². The van der Waals surface area contributed by atoms with Gasteiger partial charge in [0.05, 0.1) is 6.10 Å². The lowest BCUT2D eigenvalue weighted by molar-refractivity contribution is 0.157. The molecule has 3 heteroatoms. The molecule has 0 unspecified atom stereocenters. The molecule has 1 aliphatic heterocycles. The first kappa shape index (κ1) is 9.36. The molecule has 1 rings (SSSR count). The molecule has 1 saturated heterocycles. The summed E-state index contributed by atoms with van der Waals surface area (Å²) in [5.74, 6) is 1.12. The molecular weight excluding hydrogens is 158 g/mol. The van der Waals surface area contributed by atoms with Crippen LogP contribution in [0.25, 0.3) is 0 Å². The summed E-state index contributed by atoms with van der Waals surface area (Å²) in [6.45, 7) is 2.24. The number of rotatable bonds is 2. The van der Waals surface area contributed by atoms with Gasteiger partial charge in [-0.25, -0.2) is 0 Å². The predicted octanol–water partition coefficient (Wildman–Crippen LogP) is 1.15. The van der Waals surface area contributed by atoms with Gasteiger partial charge in [0.1, 0.15) is 0 Å². The zero-order valence-corrected chi connectivity index (χ0v) is 7.94. The number of thioether (sulfide) groups is 1. The Morgan fingerprint density at radius 2 is 2.27 bits per heavy atom. The van der Waals surface area contributed by atoms with Crippen molar-refractivity contribution in [2.75, 3.05) is 25.2 Å². The standard InChI is InChI=1S/C8H17NOS/c1-11-7-9-5-2-3-8(10)4-6-9/h8,10H,2-7H2,1H3/t8-/m1/s1. The summed E-state index contributed by atoms with van der Waals surface area (Å²) in [6, 6.07) is 0. The second kappa shape index (κ2) is 5.01. The Morgan fingerprint density at radius 3 is 3.00 bits per heavy atom. The summed E-state index contributed by atoms with van der Waals surface area (Å²) < 4.78 is 0. The van der Waals surface area contributed by atoms with Gasteiger partial charge in [-0.15, -0.1) is 11.8 Å². The molecular formula is C8H17NOS. The van der Waals surface area contributed by atoms with E-state index in [2.05, 4.69) is 11.2 Å². The quantitative estimate of drug-likeness (QED) is 0.681. The van der Waals surface area contributed by atoms with E-state index in [0.29, 0.717) is 0 Å². The normalized spacial score (nSPS) is 28.4. The van der Waals surface area contributed by atoms with Crippen LogP contribution in [0.5, 0.6) is 0 Å². The van der Waals surface area contributed by atoms with Crippen molar-refractivity contribution in [2.45, 2.75) is 25.4 Å². The van der Waals surface area contributed by atoms with Gasteiger partial charge in [0, 0.05) is 12.4 Å². The molecule has 11 heavy (non-hydrogen) atoms. The van der Waals surface area contributed by atoms with Gasteiger partial charge in [-0.05, 0) is 32.1 Å².